The van der Waals surface area contributed by atoms with Gasteiger partial charge in [-0.25, -0.2) is 0 Å². The number of hydrogen-bond acceptors (Lipinski definition) is 3. The van der Waals surface area contributed by atoms with Crippen molar-refractivity contribution in [3.8, 4) is 0 Å². The number of halogens is 3. The molecule has 0 saturated heterocycles. The first kappa shape index (κ1) is 14.8. The van der Waals surface area contributed by atoms with Crippen molar-refractivity contribution in [1.82, 2.24) is 14.8 Å². The Morgan fingerprint density at radius 3 is 2.43 bits per heavy atom. The van der Waals surface area contributed by atoms with Gasteiger partial charge in [0.25, 0.3) is 0 Å². The predicted octanol–water partition coefficient (Wildman–Crippen LogP) is 2.64. The molecule has 2 aliphatic rings. The number of fused-ring (bicyclic) bond motifs is 1. The fraction of sp³-hybridized carbons (Fsp3) is 0.857. The number of rotatable bonds is 2. The zero-order valence-electron chi connectivity index (χ0n) is 11.9. The van der Waals surface area contributed by atoms with Gasteiger partial charge in [0, 0.05) is 18.9 Å². The van der Waals surface area contributed by atoms with Crippen LogP contribution >= 0.6 is 0 Å². The molecule has 2 heterocycles. The summed E-state index contributed by atoms with van der Waals surface area (Å²) in [5.74, 6) is 1.28. The zero-order chi connectivity index (χ0) is 15.0. The van der Waals surface area contributed by atoms with Crippen molar-refractivity contribution in [2.24, 2.45) is 17.6 Å². The van der Waals surface area contributed by atoms with Crippen LogP contribution in [0.4, 0.5) is 13.2 Å². The van der Waals surface area contributed by atoms with E-state index in [1.165, 1.54) is 0 Å². The van der Waals surface area contributed by atoms with E-state index in [1.54, 1.807) is 0 Å². The van der Waals surface area contributed by atoms with E-state index < -0.39 is 12.1 Å². The minimum atomic E-state index is -4.05. The molecule has 21 heavy (non-hydrogen) atoms. The third-order valence-corrected chi connectivity index (χ3v) is 4.98. The highest BCUT2D eigenvalue weighted by Crippen LogP contribution is 2.42. The molecular formula is C14H21F3N4. The predicted molar refractivity (Wildman–Crippen MR) is 71.6 cm³/mol. The van der Waals surface area contributed by atoms with Crippen molar-refractivity contribution in [2.45, 2.75) is 57.2 Å². The summed E-state index contributed by atoms with van der Waals surface area (Å²) < 4.78 is 40.3. The van der Waals surface area contributed by atoms with Gasteiger partial charge >= 0.3 is 6.18 Å². The topological polar surface area (TPSA) is 56.7 Å². The van der Waals surface area contributed by atoms with Gasteiger partial charge < -0.3 is 10.3 Å². The van der Waals surface area contributed by atoms with Crippen molar-refractivity contribution in [2.75, 3.05) is 6.54 Å². The monoisotopic (exact) mass is 302 g/mol. The van der Waals surface area contributed by atoms with Crippen molar-refractivity contribution in [3.05, 3.63) is 11.6 Å². The Morgan fingerprint density at radius 1 is 1.10 bits per heavy atom. The fourth-order valence-electron chi connectivity index (χ4n) is 3.60. The maximum Gasteiger partial charge on any atom is 0.391 e. The van der Waals surface area contributed by atoms with Crippen LogP contribution in [-0.4, -0.2) is 27.5 Å². The van der Waals surface area contributed by atoms with Gasteiger partial charge in [0.2, 0.25) is 0 Å². The van der Waals surface area contributed by atoms with Crippen molar-refractivity contribution in [3.63, 3.8) is 0 Å². The smallest absolute Gasteiger partial charge is 0.330 e. The lowest BCUT2D eigenvalue weighted by atomic mass is 9.81. The van der Waals surface area contributed by atoms with Crippen LogP contribution < -0.4 is 5.73 Å². The number of aromatic nitrogens is 3. The van der Waals surface area contributed by atoms with Crippen LogP contribution in [0.5, 0.6) is 0 Å². The largest absolute Gasteiger partial charge is 0.391 e. The zero-order valence-corrected chi connectivity index (χ0v) is 11.9. The van der Waals surface area contributed by atoms with Gasteiger partial charge in [-0.05, 0) is 44.6 Å². The second-order valence-corrected chi connectivity index (χ2v) is 6.31. The molecule has 1 saturated carbocycles. The maximum atomic E-state index is 12.7. The number of alkyl halides is 3. The lowest BCUT2D eigenvalue weighted by molar-refractivity contribution is -0.182. The van der Waals surface area contributed by atoms with Gasteiger partial charge in [-0.2, -0.15) is 13.2 Å². The molecule has 1 aromatic rings. The molecule has 0 bridgehead atoms. The second kappa shape index (κ2) is 5.59. The molecule has 1 fully saturated rings. The second-order valence-electron chi connectivity index (χ2n) is 6.31. The minimum Gasteiger partial charge on any atom is -0.330 e. The average molecular weight is 302 g/mol. The third-order valence-electron chi connectivity index (χ3n) is 4.98. The summed E-state index contributed by atoms with van der Waals surface area (Å²) in [7, 11) is 0. The third kappa shape index (κ3) is 2.93. The van der Waals surface area contributed by atoms with Crippen molar-refractivity contribution < 1.29 is 13.2 Å². The van der Waals surface area contributed by atoms with Crippen molar-refractivity contribution >= 4 is 0 Å². The highest BCUT2D eigenvalue weighted by Gasteiger charge is 2.42. The van der Waals surface area contributed by atoms with Gasteiger partial charge in [-0.3, -0.25) is 0 Å². The number of hydrogen-bond donors (Lipinski definition) is 1. The molecule has 4 nitrogen and oxygen atoms in total. The summed E-state index contributed by atoms with van der Waals surface area (Å²) in [4.78, 5) is 0. The summed E-state index contributed by atoms with van der Waals surface area (Å²) in [6, 6.07) is 0. The summed E-state index contributed by atoms with van der Waals surface area (Å²) in [6.07, 6.45) is -0.674. The molecule has 2 N–H and O–H groups in total. The molecular weight excluding hydrogens is 281 g/mol. The van der Waals surface area contributed by atoms with Gasteiger partial charge in [0.15, 0.2) is 0 Å². The average Bonchev–Trinajstić information content (AvgIpc) is 2.89. The Hall–Kier alpha value is -1.11. The molecule has 118 valence electrons. The Kier molecular flexibility index (Phi) is 3.94. The SMILES string of the molecule is NCC1CCn2c(nnc2C2CCC(C(F)(F)F)CC2)C1. The van der Waals surface area contributed by atoms with Crippen LogP contribution in [0.1, 0.15) is 49.7 Å². The molecule has 1 aromatic heterocycles. The first-order chi connectivity index (χ1) is 9.99. The van der Waals surface area contributed by atoms with Gasteiger partial charge in [-0.1, -0.05) is 0 Å². The lowest BCUT2D eigenvalue weighted by Crippen LogP contribution is -2.29. The first-order valence-electron chi connectivity index (χ1n) is 7.67. The molecule has 3 rings (SSSR count). The highest BCUT2D eigenvalue weighted by atomic mass is 19.4. The first-order valence-corrected chi connectivity index (χ1v) is 7.67. The lowest BCUT2D eigenvalue weighted by Gasteiger charge is -2.30. The van der Waals surface area contributed by atoms with E-state index >= 15 is 0 Å². The standard InChI is InChI=1S/C14H21F3N4/c15-14(16,17)11-3-1-10(2-4-11)13-20-19-12-7-9(8-18)5-6-21(12)13/h9-11H,1-8,18H2. The van der Waals surface area contributed by atoms with Crippen LogP contribution in [0.2, 0.25) is 0 Å². The summed E-state index contributed by atoms with van der Waals surface area (Å²) in [5, 5.41) is 8.50. The number of nitrogens with two attached hydrogens (primary N) is 1. The molecule has 0 spiro atoms. The van der Waals surface area contributed by atoms with Crippen LogP contribution in [-0.2, 0) is 13.0 Å². The van der Waals surface area contributed by atoms with Crippen LogP contribution in [0, 0.1) is 11.8 Å². The van der Waals surface area contributed by atoms with E-state index in [0.29, 0.717) is 25.3 Å². The molecule has 1 unspecified atom stereocenters. The van der Waals surface area contributed by atoms with Gasteiger partial charge in [-0.15, -0.1) is 10.2 Å². The normalized spacial score (nSPS) is 30.2. The van der Waals surface area contributed by atoms with E-state index in [2.05, 4.69) is 14.8 Å². The van der Waals surface area contributed by atoms with Crippen LogP contribution in [0.15, 0.2) is 0 Å². The van der Waals surface area contributed by atoms with E-state index in [9.17, 15) is 13.2 Å². The van der Waals surface area contributed by atoms with E-state index in [0.717, 1.165) is 31.0 Å². The summed E-state index contributed by atoms with van der Waals surface area (Å²) in [5.41, 5.74) is 5.70. The molecule has 1 aliphatic carbocycles. The molecule has 7 heteroatoms. The van der Waals surface area contributed by atoms with Gasteiger partial charge in [0.05, 0.1) is 5.92 Å². The Bertz CT molecular complexity index is 489. The Labute approximate surface area is 121 Å². The maximum absolute atomic E-state index is 12.7. The summed E-state index contributed by atoms with van der Waals surface area (Å²) >= 11 is 0. The molecule has 0 aromatic carbocycles. The quantitative estimate of drug-likeness (QED) is 0.913. The van der Waals surface area contributed by atoms with Gasteiger partial charge in [0.1, 0.15) is 11.6 Å². The highest BCUT2D eigenvalue weighted by molar-refractivity contribution is 5.06. The molecule has 0 amide bonds. The molecule has 1 aliphatic heterocycles. The minimum absolute atomic E-state index is 0.124. The fourth-order valence-corrected chi connectivity index (χ4v) is 3.60. The van der Waals surface area contributed by atoms with Crippen LogP contribution in [0.25, 0.3) is 0 Å². The Morgan fingerprint density at radius 2 is 1.81 bits per heavy atom. The number of nitrogens with zero attached hydrogens (tertiary/aromatic N) is 3. The summed E-state index contributed by atoms with van der Waals surface area (Å²) in [6.45, 7) is 1.50. The van der Waals surface area contributed by atoms with E-state index in [4.69, 9.17) is 5.73 Å². The van der Waals surface area contributed by atoms with E-state index in [-0.39, 0.29) is 18.8 Å². The van der Waals surface area contributed by atoms with Crippen molar-refractivity contribution in [1.29, 1.82) is 0 Å². The Balaban J connectivity index is 1.69. The molecule has 0 radical (unpaired) electrons. The van der Waals surface area contributed by atoms with E-state index in [1.807, 2.05) is 0 Å². The van der Waals surface area contributed by atoms with Crippen LogP contribution in [0.3, 0.4) is 0 Å². The molecule has 1 atom stereocenters.